The van der Waals surface area contributed by atoms with Gasteiger partial charge < -0.3 is 10.1 Å². The standard InChI is InChI=1S/C11H12F4N2O2/c1-6-7(9(18)19-2)3-4-8(17-6)16-5-11(14,15)10(12)13/h3-4,10H,5H2,1-2H3,(H,16,17). The van der Waals surface area contributed by atoms with E-state index in [0.717, 1.165) is 0 Å². The molecule has 0 saturated carbocycles. The maximum atomic E-state index is 12.7. The molecule has 1 rings (SSSR count). The minimum Gasteiger partial charge on any atom is -0.465 e. The number of hydrogen-bond donors (Lipinski definition) is 1. The maximum Gasteiger partial charge on any atom is 0.339 e. The van der Waals surface area contributed by atoms with E-state index in [9.17, 15) is 22.4 Å². The minimum atomic E-state index is -4.14. The number of aromatic nitrogens is 1. The highest BCUT2D eigenvalue weighted by atomic mass is 19.3. The average Bonchev–Trinajstić information content (AvgIpc) is 2.35. The Morgan fingerprint density at radius 2 is 2.11 bits per heavy atom. The Hall–Kier alpha value is -1.86. The number of anilines is 1. The van der Waals surface area contributed by atoms with Crippen molar-refractivity contribution in [1.82, 2.24) is 4.98 Å². The topological polar surface area (TPSA) is 51.2 Å². The largest absolute Gasteiger partial charge is 0.465 e. The third-order valence-electron chi connectivity index (χ3n) is 2.32. The van der Waals surface area contributed by atoms with Crippen molar-refractivity contribution in [2.75, 3.05) is 19.0 Å². The Kier molecular flexibility index (Phi) is 4.68. The van der Waals surface area contributed by atoms with Crippen molar-refractivity contribution in [2.24, 2.45) is 0 Å². The van der Waals surface area contributed by atoms with Crippen molar-refractivity contribution in [3.05, 3.63) is 23.4 Å². The number of alkyl halides is 4. The molecule has 0 bridgehead atoms. The van der Waals surface area contributed by atoms with Crippen molar-refractivity contribution < 1.29 is 27.1 Å². The van der Waals surface area contributed by atoms with Gasteiger partial charge in [0.15, 0.2) is 0 Å². The molecule has 0 aliphatic heterocycles. The molecule has 1 heterocycles. The first-order valence-corrected chi connectivity index (χ1v) is 5.23. The molecule has 0 aliphatic rings. The number of carbonyl (C=O) groups excluding carboxylic acids is 1. The van der Waals surface area contributed by atoms with Crippen LogP contribution in [-0.2, 0) is 4.74 Å². The summed E-state index contributed by atoms with van der Waals surface area (Å²) in [5.74, 6) is -4.78. The van der Waals surface area contributed by atoms with E-state index in [2.05, 4.69) is 15.0 Å². The molecule has 0 unspecified atom stereocenters. The molecule has 1 aromatic heterocycles. The number of rotatable bonds is 5. The van der Waals surface area contributed by atoms with Gasteiger partial charge in [0, 0.05) is 0 Å². The van der Waals surface area contributed by atoms with Crippen LogP contribution in [0.5, 0.6) is 0 Å². The van der Waals surface area contributed by atoms with E-state index in [0.29, 0.717) is 0 Å². The summed E-state index contributed by atoms with van der Waals surface area (Å²) in [6.45, 7) is 0.233. The summed E-state index contributed by atoms with van der Waals surface area (Å²) in [6, 6.07) is 2.55. The maximum absolute atomic E-state index is 12.7. The van der Waals surface area contributed by atoms with E-state index < -0.39 is 24.9 Å². The molecule has 106 valence electrons. The molecule has 1 aromatic rings. The van der Waals surface area contributed by atoms with E-state index in [-0.39, 0.29) is 17.1 Å². The summed E-state index contributed by atoms with van der Waals surface area (Å²) in [4.78, 5) is 15.1. The summed E-state index contributed by atoms with van der Waals surface area (Å²) < 4.78 is 53.7. The highest BCUT2D eigenvalue weighted by molar-refractivity contribution is 5.90. The van der Waals surface area contributed by atoms with E-state index >= 15 is 0 Å². The highest BCUT2D eigenvalue weighted by Crippen LogP contribution is 2.23. The third-order valence-corrected chi connectivity index (χ3v) is 2.32. The van der Waals surface area contributed by atoms with Gasteiger partial charge in [-0.25, -0.2) is 18.6 Å². The molecule has 1 N–H and O–H groups in total. The zero-order valence-corrected chi connectivity index (χ0v) is 10.2. The number of esters is 1. The average molecular weight is 280 g/mol. The van der Waals surface area contributed by atoms with Crippen molar-refractivity contribution in [2.45, 2.75) is 19.3 Å². The second kappa shape index (κ2) is 5.85. The molecule has 4 nitrogen and oxygen atoms in total. The van der Waals surface area contributed by atoms with Crippen molar-refractivity contribution in [3.8, 4) is 0 Å². The van der Waals surface area contributed by atoms with Crippen LogP contribution in [0.1, 0.15) is 16.1 Å². The van der Waals surface area contributed by atoms with E-state index in [4.69, 9.17) is 0 Å². The second-order valence-electron chi connectivity index (χ2n) is 3.74. The molecule has 0 radical (unpaired) electrons. The molecule has 0 aromatic carbocycles. The lowest BCUT2D eigenvalue weighted by molar-refractivity contribution is -0.117. The Balaban J connectivity index is 2.77. The lowest BCUT2D eigenvalue weighted by Crippen LogP contribution is -2.35. The molecular formula is C11H12F4N2O2. The first kappa shape index (κ1) is 15.2. The van der Waals surface area contributed by atoms with Gasteiger partial charge in [-0.15, -0.1) is 0 Å². The SMILES string of the molecule is COC(=O)c1ccc(NCC(F)(F)C(F)F)nc1C. The fourth-order valence-corrected chi connectivity index (χ4v) is 1.27. The van der Waals surface area contributed by atoms with Gasteiger partial charge in [-0.3, -0.25) is 0 Å². The van der Waals surface area contributed by atoms with Crippen LogP contribution in [0.25, 0.3) is 0 Å². The van der Waals surface area contributed by atoms with Crippen LogP contribution in [0.2, 0.25) is 0 Å². The van der Waals surface area contributed by atoms with Gasteiger partial charge in [0.1, 0.15) is 5.82 Å². The van der Waals surface area contributed by atoms with Crippen LogP contribution in [0.4, 0.5) is 23.4 Å². The number of aryl methyl sites for hydroxylation is 1. The zero-order chi connectivity index (χ0) is 14.6. The normalized spacial score (nSPS) is 11.5. The molecule has 0 spiro atoms. The quantitative estimate of drug-likeness (QED) is 0.665. The Morgan fingerprint density at radius 3 is 2.58 bits per heavy atom. The molecule has 8 heteroatoms. The number of nitrogens with one attached hydrogen (secondary N) is 1. The van der Waals surface area contributed by atoms with Crippen LogP contribution < -0.4 is 5.32 Å². The molecule has 0 fully saturated rings. The second-order valence-corrected chi connectivity index (χ2v) is 3.74. The Bertz CT molecular complexity index is 466. The van der Waals surface area contributed by atoms with E-state index in [1.807, 2.05) is 0 Å². The van der Waals surface area contributed by atoms with Gasteiger partial charge in [0.05, 0.1) is 24.9 Å². The van der Waals surface area contributed by atoms with Crippen LogP contribution in [-0.4, -0.2) is 37.0 Å². The van der Waals surface area contributed by atoms with Crippen molar-refractivity contribution in [1.29, 1.82) is 0 Å². The first-order valence-electron chi connectivity index (χ1n) is 5.23. The number of pyridine rings is 1. The van der Waals surface area contributed by atoms with Gasteiger partial charge in [-0.1, -0.05) is 0 Å². The molecule has 0 amide bonds. The lowest BCUT2D eigenvalue weighted by atomic mass is 10.2. The number of nitrogens with zero attached hydrogens (tertiary/aromatic N) is 1. The monoisotopic (exact) mass is 280 g/mol. The van der Waals surface area contributed by atoms with E-state index in [1.54, 1.807) is 0 Å². The summed E-state index contributed by atoms with van der Waals surface area (Å²) in [7, 11) is 1.19. The lowest BCUT2D eigenvalue weighted by Gasteiger charge is -2.16. The summed E-state index contributed by atoms with van der Waals surface area (Å²) >= 11 is 0. The van der Waals surface area contributed by atoms with Crippen LogP contribution in [0.15, 0.2) is 12.1 Å². The highest BCUT2D eigenvalue weighted by Gasteiger charge is 2.40. The van der Waals surface area contributed by atoms with Crippen LogP contribution in [0.3, 0.4) is 0 Å². The number of hydrogen-bond acceptors (Lipinski definition) is 4. The van der Waals surface area contributed by atoms with Crippen LogP contribution in [0, 0.1) is 6.92 Å². The molecule has 0 atom stereocenters. The van der Waals surface area contributed by atoms with Crippen molar-refractivity contribution in [3.63, 3.8) is 0 Å². The minimum absolute atomic E-state index is 0.0227. The third kappa shape index (κ3) is 3.80. The van der Waals surface area contributed by atoms with Gasteiger partial charge in [-0.05, 0) is 19.1 Å². The van der Waals surface area contributed by atoms with Gasteiger partial charge in [0.2, 0.25) is 0 Å². The molecule has 0 saturated heterocycles. The number of methoxy groups -OCH3 is 1. The predicted molar refractivity (Wildman–Crippen MR) is 59.8 cm³/mol. The summed E-state index contributed by atoms with van der Waals surface area (Å²) in [6.07, 6.45) is -3.75. The Morgan fingerprint density at radius 1 is 1.47 bits per heavy atom. The first-order chi connectivity index (χ1) is 8.77. The fourth-order valence-electron chi connectivity index (χ4n) is 1.27. The van der Waals surface area contributed by atoms with E-state index in [1.165, 1.54) is 26.2 Å². The van der Waals surface area contributed by atoms with Gasteiger partial charge >= 0.3 is 18.3 Å². The number of ether oxygens (including phenoxy) is 1. The fraction of sp³-hybridized carbons (Fsp3) is 0.455. The van der Waals surface area contributed by atoms with Crippen LogP contribution >= 0.6 is 0 Å². The molecule has 0 aliphatic carbocycles. The van der Waals surface area contributed by atoms with Crippen molar-refractivity contribution >= 4 is 11.8 Å². The van der Waals surface area contributed by atoms with Gasteiger partial charge in [0.25, 0.3) is 0 Å². The smallest absolute Gasteiger partial charge is 0.339 e. The number of halogens is 4. The number of carbonyl (C=O) groups is 1. The Labute approximate surface area is 106 Å². The summed E-state index contributed by atoms with van der Waals surface area (Å²) in [5, 5.41) is 2.10. The molecule has 19 heavy (non-hydrogen) atoms. The predicted octanol–water partition coefficient (Wildman–Crippen LogP) is 2.49. The van der Waals surface area contributed by atoms with Gasteiger partial charge in [-0.2, -0.15) is 8.78 Å². The summed E-state index contributed by atoms with van der Waals surface area (Å²) in [5.41, 5.74) is 0.422. The molecular weight excluding hydrogens is 268 g/mol. The zero-order valence-electron chi connectivity index (χ0n) is 10.2.